The third-order valence-corrected chi connectivity index (χ3v) is 4.74. The summed E-state index contributed by atoms with van der Waals surface area (Å²) < 4.78 is 6.58. The summed E-state index contributed by atoms with van der Waals surface area (Å²) in [6, 6.07) is 3.59. The minimum absolute atomic E-state index is 0.00772. The number of carbonyl (C=O) groups excluding carboxylic acids is 2. The Labute approximate surface area is 145 Å². The fourth-order valence-corrected chi connectivity index (χ4v) is 3.42. The fourth-order valence-electron chi connectivity index (χ4n) is 3.42. The van der Waals surface area contributed by atoms with Crippen molar-refractivity contribution in [2.45, 2.75) is 26.4 Å². The van der Waals surface area contributed by atoms with E-state index in [0.717, 1.165) is 17.6 Å². The number of rotatable bonds is 3. The minimum Gasteiger partial charge on any atom is -0.465 e. The third kappa shape index (κ3) is 2.56. The van der Waals surface area contributed by atoms with Crippen molar-refractivity contribution in [3.8, 4) is 0 Å². The van der Waals surface area contributed by atoms with Crippen molar-refractivity contribution in [2.24, 2.45) is 0 Å². The molecule has 2 heterocycles. The van der Waals surface area contributed by atoms with Crippen LogP contribution in [-0.2, 0) is 16.1 Å². The molecule has 0 aliphatic carbocycles. The number of hydrogen-bond acceptors (Lipinski definition) is 5. The number of aromatic nitrogens is 1. The Morgan fingerprint density at radius 3 is 2.68 bits per heavy atom. The third-order valence-electron chi connectivity index (χ3n) is 4.74. The lowest BCUT2D eigenvalue weighted by Gasteiger charge is -2.38. The van der Waals surface area contributed by atoms with Gasteiger partial charge in [0, 0.05) is 31.7 Å². The van der Waals surface area contributed by atoms with Crippen molar-refractivity contribution in [1.82, 2.24) is 4.57 Å². The predicted octanol–water partition coefficient (Wildman–Crippen LogP) is 1.61. The van der Waals surface area contributed by atoms with Gasteiger partial charge in [-0.15, -0.1) is 0 Å². The summed E-state index contributed by atoms with van der Waals surface area (Å²) in [6.45, 7) is 5.19. The number of methoxy groups -OCH3 is 1. The molecule has 1 unspecified atom stereocenters. The van der Waals surface area contributed by atoms with E-state index in [9.17, 15) is 14.4 Å². The molecule has 1 aromatic carbocycles. The number of carbonyl (C=O) groups is 2. The maximum atomic E-state index is 12.8. The summed E-state index contributed by atoms with van der Waals surface area (Å²) in [5.41, 5.74) is 1.88. The number of pyridine rings is 1. The fraction of sp³-hybridized carbons (Fsp3) is 0.389. The predicted molar refractivity (Wildman–Crippen MR) is 96.5 cm³/mol. The second-order valence-electron chi connectivity index (χ2n) is 6.25. The highest BCUT2D eigenvalue weighted by molar-refractivity contribution is 5.99. The molecule has 7 heteroatoms. The molecule has 0 radical (unpaired) electrons. The lowest BCUT2D eigenvalue weighted by Crippen LogP contribution is -2.45. The van der Waals surface area contributed by atoms with Gasteiger partial charge in [0.2, 0.25) is 11.8 Å². The zero-order valence-corrected chi connectivity index (χ0v) is 14.8. The number of ether oxygens (including phenoxy) is 1. The van der Waals surface area contributed by atoms with Gasteiger partial charge in [-0.1, -0.05) is 0 Å². The van der Waals surface area contributed by atoms with Crippen LogP contribution < -0.4 is 15.2 Å². The summed E-state index contributed by atoms with van der Waals surface area (Å²) in [5, 5.41) is 0.401. The average Bonchev–Trinajstić information content (AvgIpc) is 2.61. The molecule has 3 rings (SSSR count). The number of nitrogens with zero attached hydrogens (tertiary/aromatic N) is 3. The van der Waals surface area contributed by atoms with Gasteiger partial charge in [-0.25, -0.2) is 4.79 Å². The summed E-state index contributed by atoms with van der Waals surface area (Å²) in [6.07, 6.45) is 2.32. The molecule has 0 N–H and O–H groups in total. The molecular formula is C18H21N3O4. The van der Waals surface area contributed by atoms with Gasteiger partial charge in [-0.05, 0) is 26.0 Å². The van der Waals surface area contributed by atoms with E-state index in [0.29, 0.717) is 24.2 Å². The van der Waals surface area contributed by atoms with Crippen LogP contribution in [-0.4, -0.2) is 43.7 Å². The smallest absolute Gasteiger partial charge is 0.343 e. The number of amides is 1. The lowest BCUT2D eigenvalue weighted by molar-refractivity contribution is -0.107. The number of fused-ring (bicyclic) bond motifs is 2. The molecule has 2 aromatic rings. The normalized spacial score (nSPS) is 16.7. The first-order valence-corrected chi connectivity index (χ1v) is 8.17. The van der Waals surface area contributed by atoms with Crippen LogP contribution in [0.15, 0.2) is 23.1 Å². The van der Waals surface area contributed by atoms with E-state index in [2.05, 4.69) is 4.90 Å². The molecule has 7 nitrogen and oxygen atoms in total. The topological polar surface area (TPSA) is 71.8 Å². The zero-order chi connectivity index (χ0) is 18.3. The molecule has 0 fully saturated rings. The van der Waals surface area contributed by atoms with Gasteiger partial charge in [0.25, 0.3) is 0 Å². The number of benzene rings is 1. The number of anilines is 2. The van der Waals surface area contributed by atoms with Crippen LogP contribution in [0.5, 0.6) is 0 Å². The largest absolute Gasteiger partial charge is 0.465 e. The van der Waals surface area contributed by atoms with Gasteiger partial charge >= 0.3 is 5.97 Å². The van der Waals surface area contributed by atoms with E-state index in [4.69, 9.17) is 4.74 Å². The van der Waals surface area contributed by atoms with Crippen molar-refractivity contribution in [3.05, 3.63) is 34.1 Å². The summed E-state index contributed by atoms with van der Waals surface area (Å²) in [5.74, 6) is -0.662. The van der Waals surface area contributed by atoms with Crippen LogP contribution in [0.2, 0.25) is 0 Å². The molecule has 25 heavy (non-hydrogen) atoms. The highest BCUT2D eigenvalue weighted by Crippen LogP contribution is 2.36. The second-order valence-corrected chi connectivity index (χ2v) is 6.25. The lowest BCUT2D eigenvalue weighted by atomic mass is 10.0. The molecule has 0 saturated carbocycles. The zero-order valence-electron chi connectivity index (χ0n) is 14.8. The Balaban J connectivity index is 2.38. The van der Waals surface area contributed by atoms with Crippen molar-refractivity contribution in [2.75, 3.05) is 30.5 Å². The maximum absolute atomic E-state index is 12.8. The summed E-state index contributed by atoms with van der Waals surface area (Å²) >= 11 is 0. The van der Waals surface area contributed by atoms with Crippen molar-refractivity contribution < 1.29 is 14.3 Å². The molecule has 0 saturated heterocycles. The number of hydrogen-bond donors (Lipinski definition) is 0. The first kappa shape index (κ1) is 17.0. The van der Waals surface area contributed by atoms with Crippen molar-refractivity contribution >= 4 is 34.7 Å². The number of esters is 1. The summed E-state index contributed by atoms with van der Waals surface area (Å²) in [4.78, 5) is 40.0. The minimum atomic E-state index is -0.662. The van der Waals surface area contributed by atoms with E-state index in [1.165, 1.54) is 13.3 Å². The molecular weight excluding hydrogens is 322 g/mol. The monoisotopic (exact) mass is 343 g/mol. The van der Waals surface area contributed by atoms with Gasteiger partial charge in [-0.3, -0.25) is 9.59 Å². The molecule has 1 aliphatic heterocycles. The molecule has 0 spiro atoms. The molecule has 132 valence electrons. The Hall–Kier alpha value is -2.83. The van der Waals surface area contributed by atoms with E-state index in [1.54, 1.807) is 11.0 Å². The maximum Gasteiger partial charge on any atom is 0.343 e. The standard InChI is InChI=1S/C18H21N3O4/c1-5-20-9-13(18(24)25-4)17(23)12-6-16-15(7-14(12)20)19(3)8-11(2)21(16)10-22/h6-7,9-11H,5,8H2,1-4H3. The highest BCUT2D eigenvalue weighted by Gasteiger charge is 2.28. The van der Waals surface area contributed by atoms with E-state index in [-0.39, 0.29) is 17.0 Å². The van der Waals surface area contributed by atoms with E-state index >= 15 is 0 Å². The van der Waals surface area contributed by atoms with Gasteiger partial charge in [0.15, 0.2) is 0 Å². The molecule has 0 bridgehead atoms. The van der Waals surface area contributed by atoms with E-state index in [1.807, 2.05) is 31.5 Å². The first-order valence-electron chi connectivity index (χ1n) is 8.17. The van der Waals surface area contributed by atoms with E-state index < -0.39 is 5.97 Å². The van der Waals surface area contributed by atoms with Crippen LogP contribution in [0.4, 0.5) is 11.4 Å². The van der Waals surface area contributed by atoms with Crippen LogP contribution in [0.25, 0.3) is 10.9 Å². The second kappa shape index (κ2) is 6.23. The van der Waals surface area contributed by atoms with Crippen LogP contribution in [0, 0.1) is 0 Å². The van der Waals surface area contributed by atoms with Crippen LogP contribution in [0.3, 0.4) is 0 Å². The van der Waals surface area contributed by atoms with Gasteiger partial charge in [0.05, 0.1) is 30.0 Å². The summed E-state index contributed by atoms with van der Waals surface area (Å²) in [7, 11) is 3.21. The first-order chi connectivity index (χ1) is 11.9. The Morgan fingerprint density at radius 1 is 1.36 bits per heavy atom. The SMILES string of the molecule is CCn1cc(C(=O)OC)c(=O)c2cc3c(cc21)N(C)CC(C)N3C=O. The number of aryl methyl sites for hydroxylation is 1. The highest BCUT2D eigenvalue weighted by atomic mass is 16.5. The van der Waals surface area contributed by atoms with Crippen molar-refractivity contribution in [1.29, 1.82) is 0 Å². The van der Waals surface area contributed by atoms with Crippen LogP contribution >= 0.6 is 0 Å². The quantitative estimate of drug-likeness (QED) is 0.625. The molecule has 1 aliphatic rings. The molecule has 1 atom stereocenters. The van der Waals surface area contributed by atoms with Gasteiger partial charge < -0.3 is 19.1 Å². The Morgan fingerprint density at radius 2 is 2.08 bits per heavy atom. The molecule has 1 aromatic heterocycles. The van der Waals surface area contributed by atoms with Crippen LogP contribution in [0.1, 0.15) is 24.2 Å². The Bertz CT molecular complexity index is 919. The Kier molecular flexibility index (Phi) is 4.24. The van der Waals surface area contributed by atoms with Gasteiger partial charge in [0.1, 0.15) is 5.56 Å². The molecule has 1 amide bonds. The van der Waals surface area contributed by atoms with Crippen molar-refractivity contribution in [3.63, 3.8) is 0 Å². The van der Waals surface area contributed by atoms with Gasteiger partial charge in [-0.2, -0.15) is 0 Å². The average molecular weight is 343 g/mol. The number of likely N-dealkylation sites (N-methyl/N-ethyl adjacent to an activating group) is 1.